The number of fused-ring (bicyclic) bond motifs is 1. The molecule has 2 aromatic rings. The van der Waals surface area contributed by atoms with E-state index in [0.29, 0.717) is 11.6 Å². The van der Waals surface area contributed by atoms with Crippen molar-refractivity contribution in [3.63, 3.8) is 0 Å². The van der Waals surface area contributed by atoms with Gasteiger partial charge in [-0.05, 0) is 37.0 Å². The van der Waals surface area contributed by atoms with E-state index in [1.165, 1.54) is 40.7 Å². The molecule has 0 atom stereocenters. The topological polar surface area (TPSA) is 58.4 Å². The highest BCUT2D eigenvalue weighted by molar-refractivity contribution is 7.90. The summed E-state index contributed by atoms with van der Waals surface area (Å²) in [7, 11) is 1.15. The van der Waals surface area contributed by atoms with E-state index in [0.717, 1.165) is 23.4 Å². The van der Waals surface area contributed by atoms with Crippen LogP contribution in [0.2, 0.25) is 0 Å². The summed E-state index contributed by atoms with van der Waals surface area (Å²) in [4.78, 5) is 4.95. The van der Waals surface area contributed by atoms with E-state index in [1.54, 1.807) is 21.1 Å². The first kappa shape index (κ1) is 21.1. The first-order valence-corrected chi connectivity index (χ1v) is 11.6. The zero-order valence-corrected chi connectivity index (χ0v) is 18.9. The summed E-state index contributed by atoms with van der Waals surface area (Å²) in [5.41, 5.74) is 2.51. The Balaban J connectivity index is 2.05. The summed E-state index contributed by atoms with van der Waals surface area (Å²) in [6.45, 7) is 7.56. The van der Waals surface area contributed by atoms with Crippen molar-refractivity contribution in [1.29, 1.82) is 0 Å². The van der Waals surface area contributed by atoms with E-state index >= 15 is 0 Å². The predicted octanol–water partition coefficient (Wildman–Crippen LogP) is 4.16. The maximum atomic E-state index is 12.5. The Hall–Kier alpha value is -1.60. The molecule has 0 spiro atoms. The van der Waals surface area contributed by atoms with E-state index in [9.17, 15) is 8.42 Å². The Kier molecular flexibility index (Phi) is 5.79. The molecule has 1 heterocycles. The molecule has 7 heteroatoms. The summed E-state index contributed by atoms with van der Waals surface area (Å²) in [5, 5.41) is 0. The van der Waals surface area contributed by atoms with Crippen LogP contribution in [0.25, 0.3) is 11.0 Å². The molecule has 0 radical (unpaired) electrons. The first-order chi connectivity index (χ1) is 13.0. The van der Waals surface area contributed by atoms with E-state index in [4.69, 9.17) is 4.98 Å². The minimum atomic E-state index is -3.52. The van der Waals surface area contributed by atoms with Gasteiger partial charge < -0.3 is 4.57 Å². The molecular weight excluding hydrogens is 372 g/mol. The molecule has 1 aromatic carbocycles. The van der Waals surface area contributed by atoms with Crippen LogP contribution in [-0.2, 0) is 22.2 Å². The Morgan fingerprint density at radius 3 is 2.32 bits per heavy atom. The first-order valence-electron chi connectivity index (χ1n) is 10.2. The SMILES string of the molecule is CN(C)S(=O)(=O)N(C)c1ccc2c(c1)nc(C(C)(C)C)n2CC1CCCCC1. The number of imidazole rings is 1. The normalized spacial score (nSPS) is 16.8. The van der Waals surface area contributed by atoms with E-state index in [2.05, 4.69) is 25.3 Å². The van der Waals surface area contributed by atoms with Crippen LogP contribution in [0.1, 0.15) is 58.7 Å². The quantitative estimate of drug-likeness (QED) is 0.749. The Morgan fingerprint density at radius 1 is 1.11 bits per heavy atom. The molecular formula is C21H34N4O2S. The summed E-state index contributed by atoms with van der Waals surface area (Å²) < 4.78 is 29.9. The maximum absolute atomic E-state index is 12.5. The summed E-state index contributed by atoms with van der Waals surface area (Å²) >= 11 is 0. The highest BCUT2D eigenvalue weighted by Gasteiger charge is 2.27. The third kappa shape index (κ3) is 4.06. The lowest BCUT2D eigenvalue weighted by molar-refractivity contribution is 0.313. The molecule has 156 valence electrons. The highest BCUT2D eigenvalue weighted by Crippen LogP contribution is 2.33. The predicted molar refractivity (Wildman–Crippen MR) is 116 cm³/mol. The fourth-order valence-electron chi connectivity index (χ4n) is 4.08. The molecule has 3 rings (SSSR count). The number of rotatable bonds is 5. The van der Waals surface area contributed by atoms with Gasteiger partial charge in [0.15, 0.2) is 0 Å². The molecule has 28 heavy (non-hydrogen) atoms. The Labute approximate surface area is 169 Å². The van der Waals surface area contributed by atoms with E-state index < -0.39 is 10.2 Å². The lowest BCUT2D eigenvalue weighted by Gasteiger charge is -2.26. The van der Waals surface area contributed by atoms with E-state index in [1.807, 2.05) is 18.2 Å². The van der Waals surface area contributed by atoms with Crippen LogP contribution in [-0.4, -0.2) is 43.4 Å². The number of aromatic nitrogens is 2. The van der Waals surface area contributed by atoms with Crippen LogP contribution in [0.15, 0.2) is 18.2 Å². The molecule has 6 nitrogen and oxygen atoms in total. The van der Waals surface area contributed by atoms with Gasteiger partial charge in [-0.2, -0.15) is 12.7 Å². The van der Waals surface area contributed by atoms with Gasteiger partial charge in [-0.1, -0.05) is 40.0 Å². The summed E-state index contributed by atoms with van der Waals surface area (Å²) in [6.07, 6.45) is 6.55. The zero-order valence-electron chi connectivity index (χ0n) is 18.1. The molecule has 0 amide bonds. The van der Waals surface area contributed by atoms with Crippen molar-refractivity contribution in [1.82, 2.24) is 13.9 Å². The lowest BCUT2D eigenvalue weighted by atomic mass is 9.88. The van der Waals surface area contributed by atoms with Crippen molar-refractivity contribution in [2.45, 2.75) is 64.8 Å². The standard InChI is InChI=1S/C21H34N4O2S/c1-21(2,3)20-22-18-14-17(24(6)28(26,27)23(4)5)12-13-19(18)25(20)15-16-10-8-7-9-11-16/h12-14,16H,7-11,15H2,1-6H3. The van der Waals surface area contributed by atoms with Crippen LogP contribution >= 0.6 is 0 Å². The second-order valence-corrected chi connectivity index (χ2v) is 11.4. The number of hydrogen-bond donors (Lipinski definition) is 0. The van der Waals surface area contributed by atoms with Crippen molar-refractivity contribution >= 4 is 26.9 Å². The molecule has 0 bridgehead atoms. The smallest absolute Gasteiger partial charge is 0.303 e. The highest BCUT2D eigenvalue weighted by atomic mass is 32.2. The average Bonchev–Trinajstić information content (AvgIpc) is 3.00. The molecule has 0 N–H and O–H groups in total. The van der Waals surface area contributed by atoms with Gasteiger partial charge in [0, 0.05) is 33.1 Å². The fourth-order valence-corrected chi connectivity index (χ4v) is 4.95. The van der Waals surface area contributed by atoms with Crippen LogP contribution in [0.3, 0.4) is 0 Å². The lowest BCUT2D eigenvalue weighted by Crippen LogP contribution is -2.37. The summed E-state index contributed by atoms with van der Waals surface area (Å²) in [6, 6.07) is 5.80. The Bertz CT molecular complexity index is 935. The number of hydrogen-bond acceptors (Lipinski definition) is 3. The minimum Gasteiger partial charge on any atom is -0.327 e. The molecule has 0 saturated heterocycles. The number of nitrogens with zero attached hydrogens (tertiary/aromatic N) is 4. The van der Waals surface area contributed by atoms with Gasteiger partial charge in [-0.25, -0.2) is 4.98 Å². The van der Waals surface area contributed by atoms with Crippen LogP contribution in [0.5, 0.6) is 0 Å². The van der Waals surface area contributed by atoms with Crippen molar-refractivity contribution in [3.05, 3.63) is 24.0 Å². The molecule has 0 aliphatic heterocycles. The van der Waals surface area contributed by atoms with Gasteiger partial charge in [0.05, 0.1) is 16.7 Å². The monoisotopic (exact) mass is 406 g/mol. The van der Waals surface area contributed by atoms with Gasteiger partial charge in [-0.3, -0.25) is 4.31 Å². The molecule has 0 unspecified atom stereocenters. The van der Waals surface area contributed by atoms with Gasteiger partial charge in [-0.15, -0.1) is 0 Å². The Morgan fingerprint density at radius 2 is 1.75 bits per heavy atom. The molecule has 1 aliphatic rings. The largest absolute Gasteiger partial charge is 0.327 e. The van der Waals surface area contributed by atoms with Crippen molar-refractivity contribution in [3.8, 4) is 0 Å². The summed E-state index contributed by atoms with van der Waals surface area (Å²) in [5.74, 6) is 1.77. The molecule has 1 saturated carbocycles. The third-order valence-corrected chi connectivity index (χ3v) is 7.57. The van der Waals surface area contributed by atoms with Crippen LogP contribution in [0, 0.1) is 5.92 Å². The second-order valence-electron chi connectivity index (χ2n) is 9.23. The average molecular weight is 407 g/mol. The number of anilines is 1. The molecule has 1 aliphatic carbocycles. The van der Waals surface area contributed by atoms with E-state index in [-0.39, 0.29) is 5.41 Å². The fraction of sp³-hybridized carbons (Fsp3) is 0.667. The zero-order chi connectivity index (χ0) is 20.7. The molecule has 1 aromatic heterocycles. The molecule has 1 fully saturated rings. The van der Waals surface area contributed by atoms with Crippen LogP contribution in [0.4, 0.5) is 5.69 Å². The van der Waals surface area contributed by atoms with Crippen LogP contribution < -0.4 is 4.31 Å². The second kappa shape index (κ2) is 7.67. The number of benzene rings is 1. The maximum Gasteiger partial charge on any atom is 0.303 e. The van der Waals surface area contributed by atoms with Gasteiger partial charge >= 0.3 is 10.2 Å². The van der Waals surface area contributed by atoms with Gasteiger partial charge in [0.25, 0.3) is 0 Å². The van der Waals surface area contributed by atoms with Gasteiger partial charge in [0.1, 0.15) is 5.82 Å². The van der Waals surface area contributed by atoms with Gasteiger partial charge in [0.2, 0.25) is 0 Å². The minimum absolute atomic E-state index is 0.0739. The van der Waals surface area contributed by atoms with Crippen molar-refractivity contribution < 1.29 is 8.42 Å². The van der Waals surface area contributed by atoms with Crippen molar-refractivity contribution in [2.24, 2.45) is 5.92 Å². The van der Waals surface area contributed by atoms with Crippen molar-refractivity contribution in [2.75, 3.05) is 25.4 Å². The third-order valence-electron chi connectivity index (χ3n) is 5.74.